The van der Waals surface area contributed by atoms with Gasteiger partial charge in [-0.2, -0.15) is 0 Å². The first-order valence-corrected chi connectivity index (χ1v) is 8.31. The van der Waals surface area contributed by atoms with Crippen molar-refractivity contribution in [2.24, 2.45) is 0 Å². The summed E-state index contributed by atoms with van der Waals surface area (Å²) in [5, 5.41) is 5.74. The van der Waals surface area contributed by atoms with E-state index in [0.717, 1.165) is 27.4 Å². The predicted octanol–water partition coefficient (Wildman–Crippen LogP) is 3.99. The monoisotopic (exact) mass is 328 g/mol. The molecule has 23 heavy (non-hydrogen) atoms. The highest BCUT2D eigenvalue weighted by Gasteiger charge is 2.10. The maximum absolute atomic E-state index is 12.2. The van der Waals surface area contributed by atoms with E-state index in [1.54, 1.807) is 0 Å². The molecule has 5 heteroatoms. The molecule has 0 aliphatic carbocycles. The fourth-order valence-electron chi connectivity index (χ4n) is 2.22. The molecule has 0 heterocycles. The van der Waals surface area contributed by atoms with Crippen LogP contribution >= 0.6 is 11.8 Å². The molecule has 0 aliphatic heterocycles. The molecular weight excluding hydrogens is 308 g/mol. The molecule has 120 valence electrons. The molecule has 0 atom stereocenters. The summed E-state index contributed by atoms with van der Waals surface area (Å²) < 4.78 is 0. The first-order chi connectivity index (χ1) is 11.0. The van der Waals surface area contributed by atoms with Crippen molar-refractivity contribution < 1.29 is 9.59 Å². The number of carbonyl (C=O) groups is 2. The first-order valence-electron chi connectivity index (χ1n) is 7.33. The van der Waals surface area contributed by atoms with Gasteiger partial charge in [0.15, 0.2) is 0 Å². The largest absolute Gasteiger partial charge is 0.325 e. The summed E-state index contributed by atoms with van der Waals surface area (Å²) in [6.45, 7) is 5.42. The second-order valence-electron chi connectivity index (χ2n) is 5.28. The molecule has 2 rings (SSSR count). The van der Waals surface area contributed by atoms with Crippen LogP contribution < -0.4 is 10.6 Å². The van der Waals surface area contributed by atoms with Crippen LogP contribution in [0.2, 0.25) is 0 Å². The lowest BCUT2D eigenvalue weighted by Gasteiger charge is -2.12. The van der Waals surface area contributed by atoms with Gasteiger partial charge < -0.3 is 10.6 Å². The summed E-state index contributed by atoms with van der Waals surface area (Å²) in [6.07, 6.45) is 0. The molecule has 0 saturated heterocycles. The topological polar surface area (TPSA) is 58.2 Å². The van der Waals surface area contributed by atoms with Gasteiger partial charge in [0.2, 0.25) is 11.8 Å². The second-order valence-corrected chi connectivity index (χ2v) is 6.30. The number of hydrogen-bond donors (Lipinski definition) is 2. The molecule has 2 N–H and O–H groups in total. The van der Waals surface area contributed by atoms with E-state index in [1.807, 2.05) is 56.3 Å². The molecule has 0 fully saturated rings. The summed E-state index contributed by atoms with van der Waals surface area (Å²) in [5.74, 6) is 0.0905. The van der Waals surface area contributed by atoms with E-state index < -0.39 is 0 Å². The number of thioether (sulfide) groups is 1. The highest BCUT2D eigenvalue weighted by molar-refractivity contribution is 8.00. The van der Waals surface area contributed by atoms with Gasteiger partial charge in [-0.3, -0.25) is 9.59 Å². The Morgan fingerprint density at radius 1 is 0.957 bits per heavy atom. The SMILES string of the molecule is CC(=O)Nc1ccccc1SCC(=O)Nc1c(C)cccc1C. The van der Waals surface area contributed by atoms with E-state index in [1.165, 1.54) is 18.7 Å². The average molecular weight is 328 g/mol. The van der Waals surface area contributed by atoms with Crippen molar-refractivity contribution in [1.29, 1.82) is 0 Å². The zero-order chi connectivity index (χ0) is 16.8. The Labute approximate surface area is 140 Å². The predicted molar refractivity (Wildman–Crippen MR) is 96.0 cm³/mol. The van der Waals surface area contributed by atoms with E-state index in [2.05, 4.69) is 10.6 Å². The Morgan fingerprint density at radius 2 is 1.61 bits per heavy atom. The number of rotatable bonds is 5. The minimum Gasteiger partial charge on any atom is -0.325 e. The van der Waals surface area contributed by atoms with Crippen LogP contribution in [0, 0.1) is 13.8 Å². The number of para-hydroxylation sites is 2. The normalized spacial score (nSPS) is 10.2. The van der Waals surface area contributed by atoms with Gasteiger partial charge in [-0.15, -0.1) is 11.8 Å². The molecule has 0 spiro atoms. The van der Waals surface area contributed by atoms with Gasteiger partial charge in [-0.05, 0) is 37.1 Å². The molecule has 4 nitrogen and oxygen atoms in total. The standard InChI is InChI=1S/C18H20N2O2S/c1-12-7-6-8-13(2)18(12)20-17(22)11-23-16-10-5-4-9-15(16)19-14(3)21/h4-10H,11H2,1-3H3,(H,19,21)(H,20,22). The summed E-state index contributed by atoms with van der Waals surface area (Å²) in [6, 6.07) is 13.4. The van der Waals surface area contributed by atoms with Crippen LogP contribution in [0.4, 0.5) is 11.4 Å². The van der Waals surface area contributed by atoms with E-state index in [-0.39, 0.29) is 17.6 Å². The number of nitrogens with one attached hydrogen (secondary N) is 2. The van der Waals surface area contributed by atoms with Gasteiger partial charge in [0.1, 0.15) is 0 Å². The van der Waals surface area contributed by atoms with Crippen LogP contribution in [-0.2, 0) is 9.59 Å². The third-order valence-corrected chi connectivity index (χ3v) is 4.38. The van der Waals surface area contributed by atoms with Gasteiger partial charge in [0.05, 0.1) is 11.4 Å². The lowest BCUT2D eigenvalue weighted by molar-refractivity contribution is -0.114. The molecule has 0 bridgehead atoms. The number of aryl methyl sites for hydroxylation is 2. The fourth-order valence-corrected chi connectivity index (χ4v) is 3.02. The smallest absolute Gasteiger partial charge is 0.234 e. The number of anilines is 2. The van der Waals surface area contributed by atoms with Crippen molar-refractivity contribution in [1.82, 2.24) is 0 Å². The van der Waals surface area contributed by atoms with Crippen molar-refractivity contribution in [3.8, 4) is 0 Å². The molecule has 0 unspecified atom stereocenters. The zero-order valence-corrected chi connectivity index (χ0v) is 14.3. The van der Waals surface area contributed by atoms with Crippen LogP contribution in [0.5, 0.6) is 0 Å². The minimum absolute atomic E-state index is 0.0648. The molecule has 0 aromatic heterocycles. The summed E-state index contributed by atoms with van der Waals surface area (Å²) in [5.41, 5.74) is 3.68. The van der Waals surface area contributed by atoms with Gasteiger partial charge in [0.25, 0.3) is 0 Å². The maximum atomic E-state index is 12.2. The molecule has 2 amide bonds. The van der Waals surface area contributed by atoms with Crippen LogP contribution in [0.3, 0.4) is 0 Å². The van der Waals surface area contributed by atoms with Crippen molar-refractivity contribution >= 4 is 35.0 Å². The van der Waals surface area contributed by atoms with Crippen LogP contribution in [0.25, 0.3) is 0 Å². The number of hydrogen-bond acceptors (Lipinski definition) is 3. The van der Waals surface area contributed by atoms with Crippen molar-refractivity contribution in [2.45, 2.75) is 25.7 Å². The number of benzene rings is 2. The molecule has 0 saturated carbocycles. The molecule has 0 radical (unpaired) electrons. The summed E-state index contributed by atoms with van der Waals surface area (Å²) >= 11 is 1.40. The van der Waals surface area contributed by atoms with Crippen molar-refractivity contribution in [2.75, 3.05) is 16.4 Å². The summed E-state index contributed by atoms with van der Waals surface area (Å²) in [7, 11) is 0. The lowest BCUT2D eigenvalue weighted by Crippen LogP contribution is -2.16. The lowest BCUT2D eigenvalue weighted by atomic mass is 10.1. The van der Waals surface area contributed by atoms with Crippen LogP contribution in [0.1, 0.15) is 18.1 Å². The van der Waals surface area contributed by atoms with Gasteiger partial charge in [-0.25, -0.2) is 0 Å². The van der Waals surface area contributed by atoms with Gasteiger partial charge in [-0.1, -0.05) is 30.3 Å². The van der Waals surface area contributed by atoms with Crippen molar-refractivity contribution in [3.05, 3.63) is 53.6 Å². The Kier molecular flexibility index (Phi) is 5.82. The Bertz CT molecular complexity index is 708. The second kappa shape index (κ2) is 7.83. The van der Waals surface area contributed by atoms with Crippen LogP contribution in [-0.4, -0.2) is 17.6 Å². The third-order valence-electron chi connectivity index (χ3n) is 3.30. The number of carbonyl (C=O) groups excluding carboxylic acids is 2. The van der Waals surface area contributed by atoms with E-state index in [0.29, 0.717) is 0 Å². The third kappa shape index (κ3) is 4.86. The van der Waals surface area contributed by atoms with E-state index >= 15 is 0 Å². The highest BCUT2D eigenvalue weighted by Crippen LogP contribution is 2.27. The van der Waals surface area contributed by atoms with E-state index in [9.17, 15) is 9.59 Å². The molecule has 2 aromatic rings. The van der Waals surface area contributed by atoms with E-state index in [4.69, 9.17) is 0 Å². The quantitative estimate of drug-likeness (QED) is 0.816. The molecular formula is C18H20N2O2S. The van der Waals surface area contributed by atoms with Gasteiger partial charge in [0, 0.05) is 17.5 Å². The fraction of sp³-hybridized carbons (Fsp3) is 0.222. The average Bonchev–Trinajstić information content (AvgIpc) is 2.50. The first kappa shape index (κ1) is 17.1. The zero-order valence-electron chi connectivity index (χ0n) is 13.5. The Morgan fingerprint density at radius 3 is 2.26 bits per heavy atom. The number of amides is 2. The Balaban J connectivity index is 2.01. The minimum atomic E-state index is -0.127. The van der Waals surface area contributed by atoms with Gasteiger partial charge >= 0.3 is 0 Å². The van der Waals surface area contributed by atoms with Crippen LogP contribution in [0.15, 0.2) is 47.4 Å². The molecule has 0 aliphatic rings. The highest BCUT2D eigenvalue weighted by atomic mass is 32.2. The maximum Gasteiger partial charge on any atom is 0.234 e. The van der Waals surface area contributed by atoms with Crippen molar-refractivity contribution in [3.63, 3.8) is 0 Å². The Hall–Kier alpha value is -2.27. The summed E-state index contributed by atoms with van der Waals surface area (Å²) in [4.78, 5) is 24.3. The molecule has 2 aromatic carbocycles.